The van der Waals surface area contributed by atoms with Crippen molar-refractivity contribution in [2.75, 3.05) is 13.2 Å². The van der Waals surface area contributed by atoms with Gasteiger partial charge in [0.2, 0.25) is 0 Å². The first-order valence-corrected chi connectivity index (χ1v) is 11.8. The Balaban J connectivity index is -0.000000421. The minimum absolute atomic E-state index is 0.0628. The maximum atomic E-state index is 9.90. The number of carboxylic acids is 2. The van der Waals surface area contributed by atoms with Crippen LogP contribution in [0.1, 0.15) is 117 Å². The molecule has 0 bridgehead atoms. The zero-order chi connectivity index (χ0) is 24.4. The Hall–Kier alpha value is -1.22. The standard InChI is InChI=1S/C13H28O2.C6H10O4.C4H10O2/c1-3-5-7-8-9-10-12-13(14,15)11-6-4-2;7-5(8)3-1-2-4-6(9)10;5-3-1-2-4-6/h14-15H,3-12H2,1-2H3;1-4H2,(H,7,8)(H,9,10);5-6H,1-4H2. The fraction of sp³-hybridized carbons (Fsp3) is 0.913. The summed E-state index contributed by atoms with van der Waals surface area (Å²) < 4.78 is 0. The van der Waals surface area contributed by atoms with Crippen molar-refractivity contribution in [1.82, 2.24) is 0 Å². The highest BCUT2D eigenvalue weighted by Crippen LogP contribution is 2.19. The fourth-order valence-electron chi connectivity index (χ4n) is 2.55. The smallest absolute Gasteiger partial charge is 0.303 e. The lowest BCUT2D eigenvalue weighted by Gasteiger charge is -2.21. The van der Waals surface area contributed by atoms with Crippen LogP contribution in [0.2, 0.25) is 0 Å². The predicted molar refractivity (Wildman–Crippen MR) is 122 cm³/mol. The number of rotatable bonds is 18. The molecule has 0 rings (SSSR count). The van der Waals surface area contributed by atoms with E-state index in [9.17, 15) is 19.8 Å². The molecule has 0 saturated carbocycles. The highest BCUT2D eigenvalue weighted by Gasteiger charge is 2.20. The van der Waals surface area contributed by atoms with E-state index in [0.29, 0.717) is 25.7 Å². The van der Waals surface area contributed by atoms with Gasteiger partial charge in [-0.2, -0.15) is 0 Å². The summed E-state index contributed by atoms with van der Waals surface area (Å²) in [6.07, 6.45) is 12.6. The number of aliphatic hydroxyl groups is 4. The monoisotopic (exact) mass is 452 g/mol. The summed E-state index contributed by atoms with van der Waals surface area (Å²) in [7, 11) is 0. The summed E-state index contributed by atoms with van der Waals surface area (Å²) in [4.78, 5) is 19.8. The maximum absolute atomic E-state index is 9.90. The quantitative estimate of drug-likeness (QED) is 0.134. The van der Waals surface area contributed by atoms with E-state index in [1.54, 1.807) is 0 Å². The summed E-state index contributed by atoms with van der Waals surface area (Å²) in [6.45, 7) is 4.67. The van der Waals surface area contributed by atoms with Crippen LogP contribution in [0.25, 0.3) is 0 Å². The van der Waals surface area contributed by atoms with Crippen LogP contribution in [0.15, 0.2) is 0 Å². The molecule has 0 saturated heterocycles. The Labute approximate surface area is 188 Å². The van der Waals surface area contributed by atoms with Crippen molar-refractivity contribution in [2.24, 2.45) is 0 Å². The second-order valence-electron chi connectivity index (χ2n) is 7.75. The van der Waals surface area contributed by atoms with Gasteiger partial charge in [-0.1, -0.05) is 52.4 Å². The molecule has 0 aliphatic carbocycles. The van der Waals surface area contributed by atoms with Gasteiger partial charge in [-0.05, 0) is 38.5 Å². The van der Waals surface area contributed by atoms with Crippen LogP contribution >= 0.6 is 0 Å². The van der Waals surface area contributed by atoms with E-state index in [1.807, 2.05) is 0 Å². The largest absolute Gasteiger partial charge is 0.481 e. The molecule has 0 aliphatic heterocycles. The number of aliphatic carboxylic acids is 2. The van der Waals surface area contributed by atoms with Crippen molar-refractivity contribution in [3.8, 4) is 0 Å². The van der Waals surface area contributed by atoms with Crippen LogP contribution in [0, 0.1) is 0 Å². The molecule has 0 radical (unpaired) electrons. The van der Waals surface area contributed by atoms with Gasteiger partial charge in [-0.25, -0.2) is 0 Å². The van der Waals surface area contributed by atoms with Crippen molar-refractivity contribution < 1.29 is 40.2 Å². The fourth-order valence-corrected chi connectivity index (χ4v) is 2.55. The molecule has 188 valence electrons. The minimum Gasteiger partial charge on any atom is -0.481 e. The normalized spacial score (nSPS) is 10.5. The van der Waals surface area contributed by atoms with E-state index in [1.165, 1.54) is 25.7 Å². The van der Waals surface area contributed by atoms with Crippen molar-refractivity contribution in [3.05, 3.63) is 0 Å². The van der Waals surface area contributed by atoms with Gasteiger partial charge in [0.1, 0.15) is 0 Å². The summed E-state index contributed by atoms with van der Waals surface area (Å²) in [5.41, 5.74) is 0. The summed E-state index contributed by atoms with van der Waals surface area (Å²) in [6, 6.07) is 0. The number of unbranched alkanes of at least 4 members (excludes halogenated alkanes) is 8. The van der Waals surface area contributed by atoms with E-state index in [4.69, 9.17) is 20.4 Å². The molecule has 0 aromatic carbocycles. The van der Waals surface area contributed by atoms with E-state index in [2.05, 4.69) is 13.8 Å². The summed E-state index contributed by atoms with van der Waals surface area (Å²) in [5, 5.41) is 51.6. The molecule has 0 aromatic heterocycles. The lowest BCUT2D eigenvalue weighted by atomic mass is 10.0. The average Bonchev–Trinajstić information content (AvgIpc) is 2.71. The molecule has 6 N–H and O–H groups in total. The van der Waals surface area contributed by atoms with Crippen LogP contribution < -0.4 is 0 Å². The Morgan fingerprint density at radius 3 is 1.35 bits per heavy atom. The van der Waals surface area contributed by atoms with Gasteiger partial charge in [0.25, 0.3) is 0 Å². The maximum Gasteiger partial charge on any atom is 0.303 e. The summed E-state index contributed by atoms with van der Waals surface area (Å²) >= 11 is 0. The average molecular weight is 453 g/mol. The van der Waals surface area contributed by atoms with Crippen LogP contribution in [0.3, 0.4) is 0 Å². The highest BCUT2D eigenvalue weighted by atomic mass is 16.5. The molecular weight excluding hydrogens is 404 g/mol. The lowest BCUT2D eigenvalue weighted by molar-refractivity contribution is -0.171. The van der Waals surface area contributed by atoms with Crippen LogP contribution in [-0.4, -0.2) is 61.6 Å². The number of hydrogen-bond donors (Lipinski definition) is 6. The van der Waals surface area contributed by atoms with Crippen molar-refractivity contribution in [2.45, 2.75) is 122 Å². The zero-order valence-electron chi connectivity index (χ0n) is 19.7. The van der Waals surface area contributed by atoms with Gasteiger partial charge in [0.05, 0.1) is 0 Å². The van der Waals surface area contributed by atoms with Crippen molar-refractivity contribution >= 4 is 11.9 Å². The van der Waals surface area contributed by atoms with Gasteiger partial charge in [-0.3, -0.25) is 9.59 Å². The second-order valence-corrected chi connectivity index (χ2v) is 7.75. The van der Waals surface area contributed by atoms with Gasteiger partial charge < -0.3 is 30.6 Å². The second kappa shape index (κ2) is 26.8. The third kappa shape index (κ3) is 39.8. The van der Waals surface area contributed by atoms with Gasteiger partial charge in [0.15, 0.2) is 5.79 Å². The number of carbonyl (C=O) groups is 2. The predicted octanol–water partition coefficient (Wildman–Crippen LogP) is 4.08. The lowest BCUT2D eigenvalue weighted by Crippen LogP contribution is -2.27. The molecule has 31 heavy (non-hydrogen) atoms. The van der Waals surface area contributed by atoms with Crippen LogP contribution in [-0.2, 0) is 9.59 Å². The topological polar surface area (TPSA) is 156 Å². The molecule has 8 nitrogen and oxygen atoms in total. The molecular formula is C23H48O8. The first kappa shape index (κ1) is 34.4. The van der Waals surface area contributed by atoms with Crippen LogP contribution in [0.5, 0.6) is 0 Å². The van der Waals surface area contributed by atoms with Gasteiger partial charge >= 0.3 is 11.9 Å². The Kier molecular flexibility index (Phi) is 29.8. The van der Waals surface area contributed by atoms with Crippen molar-refractivity contribution in [1.29, 1.82) is 0 Å². The first-order chi connectivity index (χ1) is 14.7. The Morgan fingerprint density at radius 1 is 0.581 bits per heavy atom. The molecule has 0 aromatic rings. The number of aliphatic hydroxyl groups excluding tert-OH is 2. The zero-order valence-corrected chi connectivity index (χ0v) is 19.7. The number of carboxylic acid groups (broad SMARTS) is 2. The molecule has 0 unspecified atom stereocenters. The third-order valence-electron chi connectivity index (χ3n) is 4.46. The molecule has 0 atom stereocenters. The molecule has 0 spiro atoms. The number of hydrogen-bond acceptors (Lipinski definition) is 6. The Bertz CT molecular complexity index is 366. The van der Waals surface area contributed by atoms with E-state index < -0.39 is 17.7 Å². The molecule has 8 heteroatoms. The molecule has 0 aliphatic rings. The van der Waals surface area contributed by atoms with Crippen LogP contribution in [0.4, 0.5) is 0 Å². The molecule has 0 amide bonds. The molecule has 0 heterocycles. The first-order valence-electron chi connectivity index (χ1n) is 11.8. The SMILES string of the molecule is CCCCCCCCC(O)(O)CCCC.O=C(O)CCCCC(=O)O.OCCCCO. The highest BCUT2D eigenvalue weighted by molar-refractivity contribution is 5.67. The Morgan fingerprint density at radius 2 is 0.968 bits per heavy atom. The van der Waals surface area contributed by atoms with Crippen molar-refractivity contribution in [3.63, 3.8) is 0 Å². The summed E-state index contributed by atoms with van der Waals surface area (Å²) in [5.74, 6) is -3.14. The van der Waals surface area contributed by atoms with Gasteiger partial charge in [0, 0.05) is 38.9 Å². The van der Waals surface area contributed by atoms with E-state index >= 15 is 0 Å². The van der Waals surface area contributed by atoms with Gasteiger partial charge in [-0.15, -0.1) is 0 Å². The molecule has 0 fully saturated rings. The minimum atomic E-state index is -1.40. The van der Waals surface area contributed by atoms with E-state index in [0.717, 1.165) is 38.5 Å². The van der Waals surface area contributed by atoms with E-state index in [-0.39, 0.29) is 26.1 Å². The third-order valence-corrected chi connectivity index (χ3v) is 4.46.